The maximum atomic E-state index is 13.1. The molecule has 3 atom stereocenters. The third kappa shape index (κ3) is 3.93. The van der Waals surface area contributed by atoms with Gasteiger partial charge in [-0.3, -0.25) is 34.3 Å². The van der Waals surface area contributed by atoms with Crippen molar-refractivity contribution in [2.75, 3.05) is 37.6 Å². The molecule has 3 N–H and O–H groups in total. The van der Waals surface area contributed by atoms with E-state index in [0.29, 0.717) is 23.1 Å². The number of carbonyl (C=O) groups excluding carboxylic acids is 4. The molecule has 176 valence electrons. The molecule has 4 aliphatic rings. The van der Waals surface area contributed by atoms with E-state index in [9.17, 15) is 19.2 Å². The van der Waals surface area contributed by atoms with E-state index in [2.05, 4.69) is 15.1 Å². The number of fused-ring (bicyclic) bond motifs is 1. The highest BCUT2D eigenvalue weighted by molar-refractivity contribution is 6.23. The number of nitrogens with zero attached hydrogens (tertiary/aromatic N) is 3. The highest BCUT2D eigenvalue weighted by atomic mass is 16.2. The molecule has 33 heavy (non-hydrogen) atoms. The van der Waals surface area contributed by atoms with Gasteiger partial charge in [-0.05, 0) is 49.9 Å². The van der Waals surface area contributed by atoms with Crippen molar-refractivity contribution in [1.29, 1.82) is 0 Å². The van der Waals surface area contributed by atoms with Crippen LogP contribution in [0.5, 0.6) is 0 Å². The van der Waals surface area contributed by atoms with Crippen LogP contribution < -0.4 is 16.0 Å². The van der Waals surface area contributed by atoms with Gasteiger partial charge in [-0.15, -0.1) is 0 Å². The average Bonchev–Trinajstić information content (AvgIpc) is 3.08. The number of nitrogens with two attached hydrogens (primary N) is 1. The number of rotatable bonds is 4. The molecule has 9 nitrogen and oxygen atoms in total. The van der Waals surface area contributed by atoms with Crippen LogP contribution in [0.3, 0.4) is 0 Å². The summed E-state index contributed by atoms with van der Waals surface area (Å²) in [5, 5.41) is 2.23. The minimum absolute atomic E-state index is 0.116. The van der Waals surface area contributed by atoms with Gasteiger partial charge < -0.3 is 10.6 Å². The van der Waals surface area contributed by atoms with Crippen LogP contribution in [0, 0.1) is 5.92 Å². The standard InChI is InChI=1S/C24H31N5O4/c25-14-15-3-1-2-4-19(15)28-11-9-27(10-12-28)16-5-6-17-18(13-16)24(33)29(23(17)32)20-7-8-21(30)26-22(20)31/h5-6,13,15,19-20H,1-4,7-12,14,25H2,(H,26,30,31)/t15-,19+,20?/m0/s1. The molecule has 1 aromatic carbocycles. The number of carbonyl (C=O) groups is 4. The van der Waals surface area contributed by atoms with Crippen LogP contribution in [0.2, 0.25) is 0 Å². The highest BCUT2D eigenvalue weighted by Crippen LogP contribution is 2.32. The van der Waals surface area contributed by atoms with Crippen LogP contribution in [0.15, 0.2) is 18.2 Å². The lowest BCUT2D eigenvalue weighted by Gasteiger charge is -2.44. The van der Waals surface area contributed by atoms with Crippen molar-refractivity contribution in [3.05, 3.63) is 29.3 Å². The summed E-state index contributed by atoms with van der Waals surface area (Å²) in [5.74, 6) is -1.31. The molecule has 5 rings (SSSR count). The molecular formula is C24H31N5O4. The Morgan fingerprint density at radius 2 is 1.64 bits per heavy atom. The fourth-order valence-corrected chi connectivity index (χ4v) is 5.91. The fourth-order valence-electron chi connectivity index (χ4n) is 5.91. The van der Waals surface area contributed by atoms with Gasteiger partial charge in [0, 0.05) is 44.3 Å². The van der Waals surface area contributed by atoms with Crippen molar-refractivity contribution in [2.24, 2.45) is 11.7 Å². The number of hydrogen-bond acceptors (Lipinski definition) is 7. The van der Waals surface area contributed by atoms with Crippen LogP contribution in [0.25, 0.3) is 0 Å². The second-order valence-electron chi connectivity index (χ2n) is 9.55. The Labute approximate surface area is 193 Å². The third-order valence-corrected chi connectivity index (χ3v) is 7.74. The Kier molecular flexibility index (Phi) is 5.92. The molecule has 1 aliphatic carbocycles. The van der Waals surface area contributed by atoms with Crippen molar-refractivity contribution in [3.63, 3.8) is 0 Å². The summed E-state index contributed by atoms with van der Waals surface area (Å²) < 4.78 is 0. The number of amides is 4. The molecule has 1 saturated carbocycles. The van der Waals surface area contributed by atoms with Gasteiger partial charge in [0.2, 0.25) is 11.8 Å². The molecule has 0 aromatic heterocycles. The van der Waals surface area contributed by atoms with Crippen molar-refractivity contribution >= 4 is 29.3 Å². The first-order chi connectivity index (χ1) is 16.0. The number of piperidine rings is 1. The third-order valence-electron chi connectivity index (χ3n) is 7.74. The minimum Gasteiger partial charge on any atom is -0.369 e. The summed E-state index contributed by atoms with van der Waals surface area (Å²) in [7, 11) is 0. The summed E-state index contributed by atoms with van der Waals surface area (Å²) in [6, 6.07) is 4.98. The molecule has 0 radical (unpaired) electrons. The number of benzene rings is 1. The van der Waals surface area contributed by atoms with Crippen molar-refractivity contribution in [2.45, 2.75) is 50.6 Å². The Hall–Kier alpha value is -2.78. The number of piperazine rings is 1. The van der Waals surface area contributed by atoms with E-state index >= 15 is 0 Å². The fraction of sp³-hybridized carbons (Fsp3) is 0.583. The van der Waals surface area contributed by atoms with Gasteiger partial charge in [-0.2, -0.15) is 0 Å². The number of anilines is 1. The van der Waals surface area contributed by atoms with Gasteiger partial charge in [-0.25, -0.2) is 0 Å². The van der Waals surface area contributed by atoms with Gasteiger partial charge in [-0.1, -0.05) is 12.8 Å². The zero-order valence-electron chi connectivity index (χ0n) is 18.8. The van der Waals surface area contributed by atoms with Crippen LogP contribution in [0.1, 0.15) is 59.2 Å². The molecule has 3 aliphatic heterocycles. The second-order valence-corrected chi connectivity index (χ2v) is 9.55. The van der Waals surface area contributed by atoms with E-state index in [4.69, 9.17) is 5.73 Å². The van der Waals surface area contributed by atoms with E-state index < -0.39 is 23.8 Å². The Morgan fingerprint density at radius 1 is 0.909 bits per heavy atom. The molecule has 3 fully saturated rings. The molecule has 3 heterocycles. The highest BCUT2D eigenvalue weighted by Gasteiger charge is 2.44. The Morgan fingerprint density at radius 3 is 2.36 bits per heavy atom. The average molecular weight is 454 g/mol. The normalized spacial score (nSPS) is 28.8. The topological polar surface area (TPSA) is 116 Å². The minimum atomic E-state index is -0.937. The molecule has 9 heteroatoms. The first kappa shape index (κ1) is 22.0. The van der Waals surface area contributed by atoms with Crippen LogP contribution >= 0.6 is 0 Å². The van der Waals surface area contributed by atoms with E-state index in [1.807, 2.05) is 6.07 Å². The second kappa shape index (κ2) is 8.87. The van der Waals surface area contributed by atoms with Gasteiger partial charge in [0.05, 0.1) is 11.1 Å². The zero-order chi connectivity index (χ0) is 23.1. The number of nitrogens with one attached hydrogen (secondary N) is 1. The lowest BCUT2D eigenvalue weighted by molar-refractivity contribution is -0.136. The van der Waals surface area contributed by atoms with E-state index in [0.717, 1.165) is 43.3 Å². The van der Waals surface area contributed by atoms with Crippen molar-refractivity contribution in [1.82, 2.24) is 15.1 Å². The Bertz CT molecular complexity index is 987. The number of hydrogen-bond donors (Lipinski definition) is 2. The van der Waals surface area contributed by atoms with E-state index in [-0.39, 0.29) is 18.7 Å². The zero-order valence-corrected chi connectivity index (χ0v) is 18.8. The van der Waals surface area contributed by atoms with Gasteiger partial charge >= 0.3 is 0 Å². The van der Waals surface area contributed by atoms with Gasteiger partial charge in [0.1, 0.15) is 6.04 Å². The van der Waals surface area contributed by atoms with Gasteiger partial charge in [0.15, 0.2) is 0 Å². The van der Waals surface area contributed by atoms with Crippen LogP contribution in [-0.4, -0.2) is 78.2 Å². The molecule has 4 amide bonds. The van der Waals surface area contributed by atoms with E-state index in [1.165, 1.54) is 25.7 Å². The summed E-state index contributed by atoms with van der Waals surface area (Å²) >= 11 is 0. The van der Waals surface area contributed by atoms with Crippen molar-refractivity contribution in [3.8, 4) is 0 Å². The molecular weight excluding hydrogens is 422 g/mol. The lowest BCUT2D eigenvalue weighted by atomic mass is 9.83. The first-order valence-electron chi connectivity index (χ1n) is 12.0. The summed E-state index contributed by atoms with van der Waals surface area (Å²) in [6.45, 7) is 4.35. The van der Waals surface area contributed by atoms with Crippen molar-refractivity contribution < 1.29 is 19.2 Å². The molecule has 1 unspecified atom stereocenters. The summed E-state index contributed by atoms with van der Waals surface area (Å²) in [4.78, 5) is 55.6. The molecule has 0 bridgehead atoms. The summed E-state index contributed by atoms with van der Waals surface area (Å²) in [6.07, 6.45) is 5.25. The summed E-state index contributed by atoms with van der Waals surface area (Å²) in [5.41, 5.74) is 7.60. The predicted octanol–water partition coefficient (Wildman–Crippen LogP) is 0.727. The van der Waals surface area contributed by atoms with Crippen LogP contribution in [-0.2, 0) is 9.59 Å². The monoisotopic (exact) mass is 453 g/mol. The van der Waals surface area contributed by atoms with Gasteiger partial charge in [0.25, 0.3) is 11.8 Å². The smallest absolute Gasteiger partial charge is 0.262 e. The van der Waals surface area contributed by atoms with E-state index in [1.54, 1.807) is 12.1 Å². The SMILES string of the molecule is NC[C@@H]1CCCC[C@H]1N1CCN(c2ccc3c(c2)C(=O)N(C2CCC(=O)NC2=O)C3=O)CC1. The number of imide groups is 2. The maximum Gasteiger partial charge on any atom is 0.262 e. The quantitative estimate of drug-likeness (QED) is 0.646. The molecule has 2 saturated heterocycles. The first-order valence-corrected chi connectivity index (χ1v) is 12.0. The largest absolute Gasteiger partial charge is 0.369 e. The predicted molar refractivity (Wildman–Crippen MR) is 122 cm³/mol. The maximum absolute atomic E-state index is 13.1. The lowest BCUT2D eigenvalue weighted by Crippen LogP contribution is -2.54. The molecule has 0 spiro atoms. The Balaban J connectivity index is 1.28. The molecule has 1 aromatic rings. The van der Waals surface area contributed by atoms with Crippen LogP contribution in [0.4, 0.5) is 5.69 Å².